The Morgan fingerprint density at radius 2 is 1.85 bits per heavy atom. The summed E-state index contributed by atoms with van der Waals surface area (Å²) in [5, 5.41) is 1.70. The van der Waals surface area contributed by atoms with Crippen molar-refractivity contribution < 1.29 is 30.2 Å². The topological polar surface area (TPSA) is 120 Å². The Kier molecular flexibility index (Phi) is 7.48. The monoisotopic (exact) mass is 581 g/mol. The van der Waals surface area contributed by atoms with Crippen molar-refractivity contribution in [2.45, 2.75) is 17.7 Å². The van der Waals surface area contributed by atoms with Crippen LogP contribution in [0.5, 0.6) is 0 Å². The van der Waals surface area contributed by atoms with Gasteiger partial charge in [0.2, 0.25) is 11.4 Å². The molecule has 182 valence electrons. The average molecular weight is 583 g/mol. The van der Waals surface area contributed by atoms with Crippen LogP contribution in [-0.4, -0.2) is 33.8 Å². The number of fused-ring (bicyclic) bond motifs is 2. The minimum absolute atomic E-state index is 0.285. The van der Waals surface area contributed by atoms with Crippen molar-refractivity contribution in [3.63, 3.8) is 0 Å². The van der Waals surface area contributed by atoms with Crippen LogP contribution in [0.1, 0.15) is 11.9 Å². The summed E-state index contributed by atoms with van der Waals surface area (Å²) in [7, 11) is -8.66. The lowest BCUT2D eigenvalue weighted by atomic mass is 10.3. The Balaban J connectivity index is 1.84. The number of hydrogen-bond donors (Lipinski definition) is 1. The quantitative estimate of drug-likeness (QED) is 0.241. The Morgan fingerprint density at radius 1 is 1.15 bits per heavy atom. The van der Waals surface area contributed by atoms with E-state index in [9.17, 15) is 21.4 Å². The highest BCUT2D eigenvalue weighted by molar-refractivity contribution is 8.04. The van der Waals surface area contributed by atoms with E-state index in [2.05, 4.69) is 5.48 Å². The van der Waals surface area contributed by atoms with E-state index in [-0.39, 0.29) is 6.54 Å². The van der Waals surface area contributed by atoms with Crippen LogP contribution in [0.2, 0.25) is 10.0 Å². The molecule has 0 aliphatic carbocycles. The Morgan fingerprint density at radius 3 is 2.56 bits per heavy atom. The molecule has 1 aliphatic rings. The lowest BCUT2D eigenvalue weighted by molar-refractivity contribution is -0.649. The molecule has 0 atom stereocenters. The van der Waals surface area contributed by atoms with Crippen LogP contribution in [0.25, 0.3) is 16.3 Å². The number of aromatic nitrogens is 1. The van der Waals surface area contributed by atoms with Crippen LogP contribution < -0.4 is 14.9 Å². The molecule has 0 amide bonds. The third kappa shape index (κ3) is 5.86. The summed E-state index contributed by atoms with van der Waals surface area (Å²) in [5.41, 5.74) is 3.37. The summed E-state index contributed by atoms with van der Waals surface area (Å²) in [4.78, 5) is 2.26. The number of nitrogens with one attached hydrogen (secondary N) is 1. The highest BCUT2D eigenvalue weighted by atomic mass is 35.5. The van der Waals surface area contributed by atoms with Crippen molar-refractivity contribution >= 4 is 88.5 Å². The highest BCUT2D eigenvalue weighted by Gasteiger charge is 2.32. The Labute approximate surface area is 214 Å². The largest absolute Gasteiger partial charge is 0.743 e. The van der Waals surface area contributed by atoms with Crippen LogP contribution in [-0.2, 0) is 30.4 Å². The predicted molar refractivity (Wildman–Crippen MR) is 133 cm³/mol. The van der Waals surface area contributed by atoms with Gasteiger partial charge in [-0.15, -0.1) is 0 Å². The molecule has 9 nitrogen and oxygen atoms in total. The van der Waals surface area contributed by atoms with Crippen LogP contribution in [0.4, 0.5) is 5.69 Å². The van der Waals surface area contributed by atoms with Gasteiger partial charge >= 0.3 is 10.1 Å². The number of anilines is 1. The summed E-state index contributed by atoms with van der Waals surface area (Å²) in [6.07, 6.45) is 1.63. The molecule has 0 unspecified atom stereocenters. The van der Waals surface area contributed by atoms with Gasteiger partial charge in [0.15, 0.2) is 16.0 Å². The third-order valence-corrected chi connectivity index (χ3v) is 8.75. The van der Waals surface area contributed by atoms with E-state index in [1.807, 2.05) is 0 Å². The van der Waals surface area contributed by atoms with E-state index in [1.54, 1.807) is 49.4 Å². The van der Waals surface area contributed by atoms with E-state index >= 15 is 0 Å². The molecule has 1 N–H and O–H groups in total. The molecule has 2 aromatic carbocycles. The Hall–Kier alpha value is -1.42. The number of hydrogen-bond acceptors (Lipinski definition) is 10. The van der Waals surface area contributed by atoms with Crippen molar-refractivity contribution in [2.75, 3.05) is 17.3 Å². The van der Waals surface area contributed by atoms with Gasteiger partial charge in [-0.3, -0.25) is 0 Å². The van der Waals surface area contributed by atoms with Gasteiger partial charge in [-0.25, -0.2) is 8.42 Å². The summed E-state index contributed by atoms with van der Waals surface area (Å²) < 4.78 is 66.8. The molecule has 0 saturated heterocycles. The summed E-state index contributed by atoms with van der Waals surface area (Å²) in [6, 6.07) is 10.0. The fourth-order valence-corrected chi connectivity index (χ4v) is 7.49. The van der Waals surface area contributed by atoms with Gasteiger partial charge in [0.05, 0.1) is 16.8 Å². The van der Waals surface area contributed by atoms with Crippen molar-refractivity contribution in [3.8, 4) is 0 Å². The standard InChI is InChI=1S/C19H17Cl2N3O6S4/c1-2-22-30-34(28,29)11-24-15-8-13(21)4-6-17(15)32-19(24)9-18-23(10-33(25,26)27)14-7-12(20)3-5-16(14)31-18/h3-9,22H,2,10-11H2,1H3. The Bertz CT molecular complexity index is 1510. The molecule has 2 heterocycles. The first kappa shape index (κ1) is 25.7. The number of thioether (sulfide) groups is 1. The van der Waals surface area contributed by atoms with Gasteiger partial charge in [0, 0.05) is 27.6 Å². The normalized spacial score (nSPS) is 15.4. The first-order valence-corrected chi connectivity index (χ1v) is 15.2. The molecular weight excluding hydrogens is 565 g/mol. The van der Waals surface area contributed by atoms with E-state index in [0.717, 1.165) is 4.90 Å². The lowest BCUT2D eigenvalue weighted by Gasteiger charge is -2.19. The fourth-order valence-electron chi connectivity index (χ4n) is 3.23. The van der Waals surface area contributed by atoms with E-state index in [4.69, 9.17) is 27.5 Å². The predicted octanol–water partition coefficient (Wildman–Crippen LogP) is 3.74. The molecule has 3 aromatic rings. The number of nitrogens with zero attached hydrogens (tertiary/aromatic N) is 2. The highest BCUT2D eigenvalue weighted by Crippen LogP contribution is 2.48. The van der Waals surface area contributed by atoms with Crippen molar-refractivity contribution in [1.29, 1.82) is 0 Å². The maximum atomic E-state index is 12.5. The zero-order chi connectivity index (χ0) is 24.7. The first-order valence-electron chi connectivity index (χ1n) is 9.62. The number of halogens is 2. The van der Waals surface area contributed by atoms with Crippen LogP contribution >= 0.6 is 46.3 Å². The van der Waals surface area contributed by atoms with Gasteiger partial charge < -0.3 is 9.45 Å². The van der Waals surface area contributed by atoms with Crippen LogP contribution in [0, 0.1) is 0 Å². The second-order valence-corrected chi connectivity index (χ2v) is 13.0. The molecule has 0 bridgehead atoms. The van der Waals surface area contributed by atoms with Gasteiger partial charge in [-0.1, -0.05) is 53.2 Å². The van der Waals surface area contributed by atoms with Gasteiger partial charge in [0.25, 0.3) is 5.01 Å². The third-order valence-electron chi connectivity index (χ3n) is 4.54. The van der Waals surface area contributed by atoms with Gasteiger partial charge in [-0.2, -0.15) is 22.7 Å². The SMILES string of the molecule is CCNOS(=O)(=O)CN1C(=Cc2sc3ccc(Cl)cc3[n+]2CS(=O)(=O)[O-])Sc2ccc(Cl)cc21. The number of thiazole rings is 1. The first-order chi connectivity index (χ1) is 16.0. The molecule has 1 aromatic heterocycles. The summed E-state index contributed by atoms with van der Waals surface area (Å²) in [5.74, 6) is -1.33. The maximum absolute atomic E-state index is 12.5. The van der Waals surface area contributed by atoms with Crippen molar-refractivity contribution in [1.82, 2.24) is 5.48 Å². The summed E-state index contributed by atoms with van der Waals surface area (Å²) >= 11 is 14.8. The van der Waals surface area contributed by atoms with Crippen molar-refractivity contribution in [2.24, 2.45) is 0 Å². The molecule has 34 heavy (non-hydrogen) atoms. The molecule has 1 aliphatic heterocycles. The van der Waals surface area contributed by atoms with Gasteiger partial charge in [-0.05, 0) is 30.3 Å². The smallest absolute Gasteiger partial charge is 0.302 e. The zero-order valence-electron chi connectivity index (χ0n) is 17.4. The molecule has 4 rings (SSSR count). The van der Waals surface area contributed by atoms with Gasteiger partial charge in [0.1, 0.15) is 4.70 Å². The van der Waals surface area contributed by atoms with E-state index in [0.29, 0.717) is 36.0 Å². The molecular formula is C19H17Cl2N3O6S4. The molecule has 0 saturated carbocycles. The van der Waals surface area contributed by atoms with Crippen molar-refractivity contribution in [3.05, 3.63) is 56.5 Å². The van der Waals surface area contributed by atoms with E-state index in [1.165, 1.54) is 32.6 Å². The average Bonchev–Trinajstić information content (AvgIpc) is 3.23. The second-order valence-electron chi connectivity index (χ2n) is 7.06. The van der Waals surface area contributed by atoms with E-state index < -0.39 is 32.0 Å². The second kappa shape index (κ2) is 9.91. The minimum atomic E-state index is -4.63. The molecule has 0 fully saturated rings. The number of hydroxylamine groups is 1. The van der Waals surface area contributed by atoms with Crippen LogP contribution in [0.15, 0.2) is 46.3 Å². The molecule has 0 radical (unpaired) electrons. The molecule has 0 spiro atoms. The number of benzene rings is 2. The lowest BCUT2D eigenvalue weighted by Crippen LogP contribution is -2.39. The summed E-state index contributed by atoms with van der Waals surface area (Å²) in [6.45, 7) is 1.98. The maximum Gasteiger partial charge on any atom is 0.302 e. The zero-order valence-corrected chi connectivity index (χ0v) is 22.2. The number of rotatable bonds is 8. The fraction of sp³-hybridized carbons (Fsp3) is 0.211. The van der Waals surface area contributed by atoms with Crippen LogP contribution in [0.3, 0.4) is 0 Å². The molecule has 15 heteroatoms. The minimum Gasteiger partial charge on any atom is -0.743 e.